The van der Waals surface area contributed by atoms with E-state index in [1.54, 1.807) is 24.0 Å². The summed E-state index contributed by atoms with van der Waals surface area (Å²) in [4.78, 5) is 15.3. The number of amides is 1. The van der Waals surface area contributed by atoms with Gasteiger partial charge in [-0.25, -0.2) is 9.67 Å². The Labute approximate surface area is 86.4 Å². The van der Waals surface area contributed by atoms with E-state index in [1.807, 2.05) is 6.07 Å². The van der Waals surface area contributed by atoms with Gasteiger partial charge < -0.3 is 5.32 Å². The van der Waals surface area contributed by atoms with Gasteiger partial charge in [0.15, 0.2) is 11.5 Å². The number of hydrogen-bond donors (Lipinski definition) is 1. The van der Waals surface area contributed by atoms with Crippen molar-refractivity contribution in [1.29, 1.82) is 0 Å². The van der Waals surface area contributed by atoms with Crippen LogP contribution in [-0.4, -0.2) is 20.7 Å². The highest BCUT2D eigenvalue weighted by atomic mass is 16.1. The Hall–Kier alpha value is -2.17. The molecule has 0 unspecified atom stereocenters. The number of nitrogens with zero attached hydrogens (tertiary/aromatic N) is 3. The number of aromatic nitrogens is 3. The second-order valence-corrected chi connectivity index (χ2v) is 3.04. The van der Waals surface area contributed by atoms with Crippen LogP contribution in [0.3, 0.4) is 0 Å². The summed E-state index contributed by atoms with van der Waals surface area (Å²) < 4.78 is 1.62. The van der Waals surface area contributed by atoms with Gasteiger partial charge in [-0.15, -0.1) is 0 Å². The summed E-state index contributed by atoms with van der Waals surface area (Å²) in [6.07, 6.45) is 2.89. The molecule has 0 atom stereocenters. The number of carbonyl (C=O) groups is 1. The average Bonchev–Trinajstić information content (AvgIpc) is 2.57. The SMILES string of the molecule is C=CC(=O)Nc1nn(C)c2ncccc12. The molecule has 0 bridgehead atoms. The molecular formula is C10H10N4O. The number of fused-ring (bicyclic) bond motifs is 1. The van der Waals surface area contributed by atoms with Gasteiger partial charge in [-0.2, -0.15) is 5.10 Å². The second-order valence-electron chi connectivity index (χ2n) is 3.04. The molecule has 15 heavy (non-hydrogen) atoms. The lowest BCUT2D eigenvalue weighted by atomic mass is 10.3. The van der Waals surface area contributed by atoms with E-state index >= 15 is 0 Å². The topological polar surface area (TPSA) is 59.8 Å². The zero-order valence-corrected chi connectivity index (χ0v) is 8.27. The van der Waals surface area contributed by atoms with E-state index in [2.05, 4.69) is 22.0 Å². The summed E-state index contributed by atoms with van der Waals surface area (Å²) in [6, 6.07) is 3.65. The Balaban J connectivity index is 2.52. The summed E-state index contributed by atoms with van der Waals surface area (Å²) in [7, 11) is 1.78. The number of anilines is 1. The third-order valence-electron chi connectivity index (χ3n) is 2.03. The maximum Gasteiger partial charge on any atom is 0.248 e. The molecular weight excluding hydrogens is 192 g/mol. The fourth-order valence-electron chi connectivity index (χ4n) is 1.35. The highest BCUT2D eigenvalue weighted by Gasteiger charge is 2.09. The molecule has 2 aromatic heterocycles. The Bertz CT molecular complexity index is 529. The molecule has 0 aromatic carbocycles. The van der Waals surface area contributed by atoms with E-state index < -0.39 is 0 Å². The van der Waals surface area contributed by atoms with E-state index in [0.29, 0.717) is 5.82 Å². The number of hydrogen-bond acceptors (Lipinski definition) is 3. The van der Waals surface area contributed by atoms with Gasteiger partial charge in [0.05, 0.1) is 5.39 Å². The standard InChI is InChI=1S/C10H10N4O/c1-3-8(15)12-9-7-5-4-6-11-10(7)14(2)13-9/h3-6H,1H2,2H3,(H,12,13,15). The highest BCUT2D eigenvalue weighted by Crippen LogP contribution is 2.19. The summed E-state index contributed by atoms with van der Waals surface area (Å²) in [6.45, 7) is 3.38. The number of pyridine rings is 1. The minimum atomic E-state index is -0.279. The van der Waals surface area contributed by atoms with Gasteiger partial charge in [0, 0.05) is 13.2 Å². The lowest BCUT2D eigenvalue weighted by Gasteiger charge is -1.95. The molecule has 0 fully saturated rings. The molecule has 5 heteroatoms. The van der Waals surface area contributed by atoms with Crippen molar-refractivity contribution < 1.29 is 4.79 Å². The lowest BCUT2D eigenvalue weighted by Crippen LogP contribution is -2.08. The molecule has 0 aliphatic rings. The number of aryl methyl sites for hydroxylation is 1. The van der Waals surface area contributed by atoms with Crippen molar-refractivity contribution in [2.45, 2.75) is 0 Å². The summed E-state index contributed by atoms with van der Waals surface area (Å²) >= 11 is 0. The van der Waals surface area contributed by atoms with Crippen LogP contribution in [0.5, 0.6) is 0 Å². The van der Waals surface area contributed by atoms with Crippen LogP contribution in [0.4, 0.5) is 5.82 Å². The van der Waals surface area contributed by atoms with Crippen molar-refractivity contribution in [3.63, 3.8) is 0 Å². The first kappa shape index (κ1) is 9.39. The third-order valence-corrected chi connectivity index (χ3v) is 2.03. The Kier molecular flexibility index (Phi) is 2.21. The maximum absolute atomic E-state index is 11.1. The number of nitrogens with one attached hydrogen (secondary N) is 1. The lowest BCUT2D eigenvalue weighted by molar-refractivity contribution is -0.111. The van der Waals surface area contributed by atoms with Gasteiger partial charge in [-0.3, -0.25) is 4.79 Å². The van der Waals surface area contributed by atoms with Crippen molar-refractivity contribution in [2.24, 2.45) is 7.05 Å². The molecule has 0 spiro atoms. The molecule has 0 aliphatic heterocycles. The molecule has 76 valence electrons. The smallest absolute Gasteiger partial charge is 0.248 e. The highest BCUT2D eigenvalue weighted by molar-refractivity contribution is 6.03. The monoisotopic (exact) mass is 202 g/mol. The van der Waals surface area contributed by atoms with Crippen molar-refractivity contribution in [3.8, 4) is 0 Å². The minimum Gasteiger partial charge on any atom is -0.305 e. The summed E-state index contributed by atoms with van der Waals surface area (Å²) in [5.74, 6) is 0.226. The first-order chi connectivity index (χ1) is 7.22. The van der Waals surface area contributed by atoms with Crippen LogP contribution in [0, 0.1) is 0 Å². The van der Waals surface area contributed by atoms with E-state index in [-0.39, 0.29) is 5.91 Å². The van der Waals surface area contributed by atoms with Crippen molar-refractivity contribution in [1.82, 2.24) is 14.8 Å². The van der Waals surface area contributed by atoms with E-state index in [1.165, 1.54) is 6.08 Å². The van der Waals surface area contributed by atoms with Gasteiger partial charge in [0.25, 0.3) is 0 Å². The molecule has 1 amide bonds. The summed E-state index contributed by atoms with van der Waals surface area (Å²) in [5.41, 5.74) is 0.733. The normalized spacial score (nSPS) is 10.2. The second kappa shape index (κ2) is 3.53. The fourth-order valence-corrected chi connectivity index (χ4v) is 1.35. The Morgan fingerprint density at radius 3 is 3.20 bits per heavy atom. The Morgan fingerprint density at radius 1 is 1.67 bits per heavy atom. The van der Waals surface area contributed by atoms with Crippen LogP contribution in [0.15, 0.2) is 31.0 Å². The predicted molar refractivity (Wildman–Crippen MR) is 57.3 cm³/mol. The first-order valence-electron chi connectivity index (χ1n) is 4.43. The molecule has 2 rings (SSSR count). The van der Waals surface area contributed by atoms with E-state index in [9.17, 15) is 4.79 Å². The fraction of sp³-hybridized carbons (Fsp3) is 0.100. The summed E-state index contributed by atoms with van der Waals surface area (Å²) in [5, 5.41) is 7.59. The quantitative estimate of drug-likeness (QED) is 0.741. The van der Waals surface area contributed by atoms with E-state index in [4.69, 9.17) is 0 Å². The van der Waals surface area contributed by atoms with Crippen molar-refractivity contribution in [3.05, 3.63) is 31.0 Å². The zero-order chi connectivity index (χ0) is 10.8. The van der Waals surface area contributed by atoms with Crippen LogP contribution in [0.1, 0.15) is 0 Å². The first-order valence-corrected chi connectivity index (χ1v) is 4.43. The van der Waals surface area contributed by atoms with Gasteiger partial charge >= 0.3 is 0 Å². The molecule has 0 saturated heterocycles. The van der Waals surface area contributed by atoms with Gasteiger partial charge in [0.1, 0.15) is 0 Å². The average molecular weight is 202 g/mol. The van der Waals surface area contributed by atoms with Crippen LogP contribution in [0.25, 0.3) is 11.0 Å². The number of rotatable bonds is 2. The van der Waals surface area contributed by atoms with Gasteiger partial charge in [0.2, 0.25) is 5.91 Å². The van der Waals surface area contributed by atoms with Crippen molar-refractivity contribution in [2.75, 3.05) is 5.32 Å². The van der Waals surface area contributed by atoms with Gasteiger partial charge in [-0.1, -0.05) is 6.58 Å². The molecule has 0 radical (unpaired) electrons. The molecule has 2 heterocycles. The molecule has 0 aliphatic carbocycles. The zero-order valence-electron chi connectivity index (χ0n) is 8.27. The largest absolute Gasteiger partial charge is 0.305 e. The van der Waals surface area contributed by atoms with Crippen LogP contribution >= 0.6 is 0 Å². The minimum absolute atomic E-state index is 0.279. The van der Waals surface area contributed by atoms with Crippen LogP contribution in [0.2, 0.25) is 0 Å². The maximum atomic E-state index is 11.1. The molecule has 5 nitrogen and oxygen atoms in total. The van der Waals surface area contributed by atoms with Crippen LogP contribution < -0.4 is 5.32 Å². The molecule has 1 N–H and O–H groups in total. The van der Waals surface area contributed by atoms with Crippen molar-refractivity contribution >= 4 is 22.8 Å². The predicted octanol–water partition coefficient (Wildman–Crippen LogP) is 1.09. The third kappa shape index (κ3) is 1.59. The van der Waals surface area contributed by atoms with E-state index in [0.717, 1.165) is 11.0 Å². The number of carbonyl (C=O) groups excluding carboxylic acids is 1. The van der Waals surface area contributed by atoms with Gasteiger partial charge in [-0.05, 0) is 18.2 Å². The molecule has 0 saturated carbocycles. The van der Waals surface area contributed by atoms with Crippen LogP contribution in [-0.2, 0) is 11.8 Å². The Morgan fingerprint density at radius 2 is 2.47 bits per heavy atom. The molecule has 2 aromatic rings.